The predicted octanol–water partition coefficient (Wildman–Crippen LogP) is 2.18. The van der Waals surface area contributed by atoms with Gasteiger partial charge in [-0.25, -0.2) is 9.78 Å². The standard InChI is InChI=1S/C18H28N4O2S/c1-21(12-16-19-5-9-25-16)15-10-18(15)3-6-22(7-4-18)17(23)20-11-14-2-8-24-13-14/h5,9,14-15H,2-4,6-8,10-13H2,1H3,(H,20,23)/t14-,15+/m0/s1. The third kappa shape index (κ3) is 3.83. The topological polar surface area (TPSA) is 57.7 Å². The summed E-state index contributed by atoms with van der Waals surface area (Å²) in [5, 5.41) is 6.33. The van der Waals surface area contributed by atoms with Crippen LogP contribution in [0.2, 0.25) is 0 Å². The van der Waals surface area contributed by atoms with E-state index in [0.29, 0.717) is 17.4 Å². The molecule has 1 aromatic rings. The molecular weight excluding hydrogens is 336 g/mol. The zero-order chi connectivity index (χ0) is 17.3. The molecule has 6 nitrogen and oxygen atoms in total. The van der Waals surface area contributed by atoms with Crippen molar-refractivity contribution in [2.24, 2.45) is 11.3 Å². The number of nitrogens with zero attached hydrogens (tertiary/aromatic N) is 3. The molecule has 1 aromatic heterocycles. The molecule has 2 saturated heterocycles. The Bertz CT molecular complexity index is 580. The summed E-state index contributed by atoms with van der Waals surface area (Å²) in [6.45, 7) is 5.08. The monoisotopic (exact) mass is 364 g/mol. The molecule has 138 valence electrons. The number of aromatic nitrogens is 1. The molecular formula is C18H28N4O2S. The van der Waals surface area contributed by atoms with Gasteiger partial charge in [-0.2, -0.15) is 0 Å². The highest BCUT2D eigenvalue weighted by Crippen LogP contribution is 2.56. The van der Waals surface area contributed by atoms with Crippen LogP contribution in [0.5, 0.6) is 0 Å². The third-order valence-corrected chi connectivity index (χ3v) is 6.92. The molecule has 7 heteroatoms. The number of nitrogens with one attached hydrogen (secondary N) is 1. The zero-order valence-electron chi connectivity index (χ0n) is 14.9. The summed E-state index contributed by atoms with van der Waals surface area (Å²) < 4.78 is 5.37. The number of carbonyl (C=O) groups is 1. The molecule has 25 heavy (non-hydrogen) atoms. The molecule has 4 rings (SSSR count). The molecule has 3 heterocycles. The molecule has 1 N–H and O–H groups in total. The molecule has 0 unspecified atom stereocenters. The Morgan fingerprint density at radius 3 is 3.04 bits per heavy atom. The van der Waals surface area contributed by atoms with E-state index >= 15 is 0 Å². The van der Waals surface area contributed by atoms with Crippen LogP contribution in [0, 0.1) is 11.3 Å². The number of amides is 2. The van der Waals surface area contributed by atoms with Gasteiger partial charge >= 0.3 is 6.03 Å². The van der Waals surface area contributed by atoms with Crippen LogP contribution in [0.25, 0.3) is 0 Å². The lowest BCUT2D eigenvalue weighted by Crippen LogP contribution is -2.47. The number of hydrogen-bond donors (Lipinski definition) is 1. The molecule has 2 aliphatic heterocycles. The molecule has 0 bridgehead atoms. The first-order valence-corrected chi connectivity index (χ1v) is 10.2. The van der Waals surface area contributed by atoms with Crippen LogP contribution in [-0.2, 0) is 11.3 Å². The van der Waals surface area contributed by atoms with E-state index in [1.807, 2.05) is 16.5 Å². The van der Waals surface area contributed by atoms with Crippen molar-refractivity contribution >= 4 is 17.4 Å². The number of hydrogen-bond acceptors (Lipinski definition) is 5. The second-order valence-electron chi connectivity index (χ2n) is 7.83. The number of carbonyl (C=O) groups excluding carboxylic acids is 1. The van der Waals surface area contributed by atoms with Crippen LogP contribution < -0.4 is 5.32 Å². The number of thiazole rings is 1. The van der Waals surface area contributed by atoms with Crippen LogP contribution in [0.15, 0.2) is 11.6 Å². The van der Waals surface area contributed by atoms with Gasteiger partial charge in [-0.1, -0.05) is 0 Å². The second kappa shape index (κ2) is 7.21. The molecule has 1 spiro atoms. The van der Waals surface area contributed by atoms with Gasteiger partial charge in [0.15, 0.2) is 0 Å². The summed E-state index contributed by atoms with van der Waals surface area (Å²) in [4.78, 5) is 21.2. The van der Waals surface area contributed by atoms with Crippen molar-refractivity contribution in [3.8, 4) is 0 Å². The van der Waals surface area contributed by atoms with Crippen LogP contribution in [0.4, 0.5) is 4.79 Å². The first kappa shape index (κ1) is 17.2. The Labute approximate surface area is 153 Å². The van der Waals surface area contributed by atoms with Crippen molar-refractivity contribution < 1.29 is 9.53 Å². The van der Waals surface area contributed by atoms with Crippen molar-refractivity contribution in [3.63, 3.8) is 0 Å². The van der Waals surface area contributed by atoms with Crippen molar-refractivity contribution in [2.45, 2.75) is 38.3 Å². The minimum atomic E-state index is 0.107. The van der Waals surface area contributed by atoms with Gasteiger partial charge in [0.25, 0.3) is 0 Å². The zero-order valence-corrected chi connectivity index (χ0v) is 15.8. The lowest BCUT2D eigenvalue weighted by molar-refractivity contribution is 0.146. The average Bonchev–Trinajstić information content (AvgIpc) is 3.04. The maximum Gasteiger partial charge on any atom is 0.317 e. The van der Waals surface area contributed by atoms with E-state index < -0.39 is 0 Å². The van der Waals surface area contributed by atoms with Gasteiger partial charge in [0, 0.05) is 49.8 Å². The van der Waals surface area contributed by atoms with E-state index in [4.69, 9.17) is 4.74 Å². The first-order chi connectivity index (χ1) is 12.2. The maximum absolute atomic E-state index is 12.4. The Balaban J connectivity index is 1.21. The van der Waals surface area contributed by atoms with E-state index in [0.717, 1.165) is 58.7 Å². The van der Waals surface area contributed by atoms with E-state index in [9.17, 15) is 4.79 Å². The van der Waals surface area contributed by atoms with Gasteiger partial charge in [0.1, 0.15) is 5.01 Å². The Kier molecular flexibility index (Phi) is 4.97. The summed E-state index contributed by atoms with van der Waals surface area (Å²) in [5.74, 6) is 0.493. The molecule has 0 radical (unpaired) electrons. The summed E-state index contributed by atoms with van der Waals surface area (Å²) >= 11 is 1.73. The van der Waals surface area contributed by atoms with Gasteiger partial charge in [-0.15, -0.1) is 11.3 Å². The first-order valence-electron chi connectivity index (χ1n) is 9.35. The highest BCUT2D eigenvalue weighted by Gasteiger charge is 2.56. The van der Waals surface area contributed by atoms with Crippen LogP contribution in [0.3, 0.4) is 0 Å². The van der Waals surface area contributed by atoms with Gasteiger partial charge < -0.3 is 15.0 Å². The van der Waals surface area contributed by atoms with Crippen LogP contribution in [0.1, 0.15) is 30.7 Å². The van der Waals surface area contributed by atoms with Crippen LogP contribution >= 0.6 is 11.3 Å². The molecule has 2 atom stereocenters. The quantitative estimate of drug-likeness (QED) is 0.870. The number of urea groups is 1. The summed E-state index contributed by atoms with van der Waals surface area (Å²) in [6.07, 6.45) is 6.46. The molecule has 3 aliphatic rings. The Hall–Kier alpha value is -1.18. The number of likely N-dealkylation sites (tertiary alicyclic amines) is 1. The fraction of sp³-hybridized carbons (Fsp3) is 0.778. The highest BCUT2D eigenvalue weighted by atomic mass is 32.1. The normalized spacial score (nSPS) is 27.8. The molecule has 1 aliphatic carbocycles. The molecule has 3 fully saturated rings. The maximum atomic E-state index is 12.4. The Morgan fingerprint density at radius 1 is 1.52 bits per heavy atom. The summed E-state index contributed by atoms with van der Waals surface area (Å²) in [5.41, 5.74) is 0.433. The lowest BCUT2D eigenvalue weighted by Gasteiger charge is -2.34. The van der Waals surface area contributed by atoms with E-state index in [1.165, 1.54) is 11.4 Å². The van der Waals surface area contributed by atoms with Crippen molar-refractivity contribution in [1.82, 2.24) is 20.1 Å². The highest BCUT2D eigenvalue weighted by molar-refractivity contribution is 7.09. The average molecular weight is 365 g/mol. The number of piperidine rings is 1. The van der Waals surface area contributed by atoms with Gasteiger partial charge in [-0.05, 0) is 38.1 Å². The second-order valence-corrected chi connectivity index (χ2v) is 8.81. The largest absolute Gasteiger partial charge is 0.381 e. The minimum absolute atomic E-state index is 0.107. The summed E-state index contributed by atoms with van der Waals surface area (Å²) in [7, 11) is 2.21. The van der Waals surface area contributed by atoms with Gasteiger partial charge in [-0.3, -0.25) is 4.90 Å². The van der Waals surface area contributed by atoms with Crippen LogP contribution in [-0.4, -0.2) is 66.8 Å². The molecule has 0 aromatic carbocycles. The van der Waals surface area contributed by atoms with Gasteiger partial charge in [0.2, 0.25) is 0 Å². The fourth-order valence-corrected chi connectivity index (χ4v) is 5.06. The third-order valence-electron chi connectivity index (χ3n) is 6.16. The fourth-order valence-electron chi connectivity index (χ4n) is 4.38. The van der Waals surface area contributed by atoms with E-state index in [-0.39, 0.29) is 6.03 Å². The van der Waals surface area contributed by atoms with Crippen molar-refractivity contribution in [2.75, 3.05) is 39.9 Å². The smallest absolute Gasteiger partial charge is 0.317 e. The number of rotatable bonds is 5. The lowest BCUT2D eigenvalue weighted by atomic mass is 9.92. The SMILES string of the molecule is CN(Cc1nccs1)[C@@H]1CC12CCN(C(=O)NC[C@@H]1CCOC1)CC2. The van der Waals surface area contributed by atoms with Crippen molar-refractivity contribution in [1.29, 1.82) is 0 Å². The minimum Gasteiger partial charge on any atom is -0.381 e. The predicted molar refractivity (Wildman–Crippen MR) is 97.6 cm³/mol. The number of ether oxygens (including phenoxy) is 1. The molecule has 2 amide bonds. The van der Waals surface area contributed by atoms with Gasteiger partial charge in [0.05, 0.1) is 13.2 Å². The Morgan fingerprint density at radius 2 is 2.36 bits per heavy atom. The summed E-state index contributed by atoms with van der Waals surface area (Å²) in [6, 6.07) is 0.757. The van der Waals surface area contributed by atoms with Crippen molar-refractivity contribution in [3.05, 3.63) is 16.6 Å². The molecule has 1 saturated carbocycles. The van der Waals surface area contributed by atoms with E-state index in [1.54, 1.807) is 11.3 Å². The van der Waals surface area contributed by atoms with E-state index in [2.05, 4.69) is 22.2 Å².